The van der Waals surface area contributed by atoms with Gasteiger partial charge in [0, 0.05) is 78.2 Å². The molecule has 0 aliphatic carbocycles. The van der Waals surface area contributed by atoms with Crippen molar-refractivity contribution in [3.05, 3.63) is 204 Å². The van der Waals surface area contributed by atoms with Crippen LogP contribution < -0.4 is 50.4 Å². The van der Waals surface area contributed by atoms with Gasteiger partial charge in [-0.05, 0) is 126 Å². The minimum atomic E-state index is -1.66. The number of nitrogens with one attached hydrogen (secondary N) is 2. The molecule has 2 amide bonds. The maximum atomic E-state index is 14.1. The molecule has 446 valence electrons. The fourth-order valence-electron chi connectivity index (χ4n) is 10.6. The van der Waals surface area contributed by atoms with Gasteiger partial charge in [0.2, 0.25) is 0 Å². The number of benzene rings is 6. The normalized spacial score (nSPS) is 12.3. The summed E-state index contributed by atoms with van der Waals surface area (Å²) in [5.74, 6) is -4.65. The number of ether oxygens (including phenoxy) is 1. The number of rotatable bonds is 25. The second-order valence-electron chi connectivity index (χ2n) is 21.1. The quantitative estimate of drug-likeness (QED) is 0.0242. The Morgan fingerprint density at radius 3 is 1.18 bits per heavy atom. The number of carbonyl (C=O) groups excluding carboxylic acids is 4. The van der Waals surface area contributed by atoms with Crippen LogP contribution in [0.3, 0.4) is 0 Å². The minimum absolute atomic E-state index is 0. The zero-order valence-corrected chi connectivity index (χ0v) is 53.4. The molecule has 0 aliphatic heterocycles. The van der Waals surface area contributed by atoms with Crippen LogP contribution >= 0.6 is 0 Å². The largest absolute Gasteiger partial charge is 2.00 e. The number of carbonyl (C=O) groups is 5. The Balaban J connectivity index is 0.000000365. The molecule has 20 heteroatoms. The van der Waals surface area contributed by atoms with Gasteiger partial charge in [-0.2, -0.15) is 0 Å². The number of amides is 2. The van der Waals surface area contributed by atoms with Crippen LogP contribution in [0.1, 0.15) is 112 Å². The van der Waals surface area contributed by atoms with E-state index in [2.05, 4.69) is 15.4 Å². The molecule has 87 heavy (non-hydrogen) atoms. The smallest absolute Gasteiger partial charge is 1.00 e. The standard InChI is InChI=1S/C34H35FN2O7.C33H35FN2O5.Ca.Na.H/c1-21(2)31-30(33(41)36-25-11-7-4-8-12-25)29(22-9-5-3-6-10-22)32(23-13-15-24(35)16-14-23)37(31)18-17-26(38)19-27(20-28(39)40)44-34(42)43;1-21(2)31-30(33(41)35-25-11-7-4-8-12-25)29(22-9-5-3-6-10-22)32(23-13-15-24(34)16-14-23)36(31)18-17-26(37)19-27(38)20-28(39)40;;;/h3-16,21,26-27,38H,17-20H2,1-2H3,(H,36,41)(H,39,40)(H,42,43);3-16,21,26-27,37-38H,17-20H2,1-2H3,(H,35,41)(H,39,40);;;/q;;+2;+1;-1/p-2/t2*26-,27-;;;/m11.../s1. The van der Waals surface area contributed by atoms with Crippen LogP contribution in [-0.4, -0.2) is 122 Å². The van der Waals surface area contributed by atoms with E-state index >= 15 is 0 Å². The molecule has 0 saturated heterocycles. The molecule has 2 heterocycles. The molecule has 8 aromatic rings. The molecule has 0 aliphatic rings. The molecule has 0 radical (unpaired) electrons. The van der Waals surface area contributed by atoms with Gasteiger partial charge in [-0.1, -0.05) is 125 Å². The first-order valence-electron chi connectivity index (χ1n) is 27.9. The molecular formula is C67H69CaF2N4NaO12. The summed E-state index contributed by atoms with van der Waals surface area (Å²) in [4.78, 5) is 61.2. The topological polar surface area (TPSA) is 256 Å². The Hall–Kier alpha value is -6.97. The number of aliphatic carboxylic acids is 2. The van der Waals surface area contributed by atoms with Gasteiger partial charge in [-0.15, -0.1) is 0 Å². The SMILES string of the molecule is CC(C)c1c(C(=O)Nc2ccccc2)c(-c2ccccc2)c(-c2ccc(F)cc2)n1CC[C@@H](O)C[C@@H](O)CC(=O)[O-].CC(C)c1c(C(=O)Nc2ccccc2)c(-c2ccccc2)c(-c2ccc(F)cc2)n1CC[C@@H](O)C[C@H](CC(=O)[O-])OC(=O)O.[Ca+2].[H-].[Na+]. The van der Waals surface area contributed by atoms with Crippen molar-refractivity contribution in [1.82, 2.24) is 9.13 Å². The molecule has 8 rings (SSSR count). The van der Waals surface area contributed by atoms with Gasteiger partial charge in [0.25, 0.3) is 11.8 Å². The van der Waals surface area contributed by atoms with Gasteiger partial charge in [-0.3, -0.25) is 9.59 Å². The summed E-state index contributed by atoms with van der Waals surface area (Å²) in [6, 6.07) is 49.0. The summed E-state index contributed by atoms with van der Waals surface area (Å²) in [6.07, 6.45) is -7.77. The Morgan fingerprint density at radius 2 is 0.851 bits per heavy atom. The fourth-order valence-corrected chi connectivity index (χ4v) is 10.6. The summed E-state index contributed by atoms with van der Waals surface area (Å²) >= 11 is 0. The number of hydrogen-bond acceptors (Lipinski definition) is 11. The Labute approximate surface area is 557 Å². The zero-order chi connectivity index (χ0) is 61.3. The van der Waals surface area contributed by atoms with Crippen molar-refractivity contribution in [1.29, 1.82) is 0 Å². The van der Waals surface area contributed by atoms with Gasteiger partial charge in [-0.25, -0.2) is 13.6 Å². The molecule has 0 saturated carbocycles. The number of nitrogens with zero attached hydrogens (tertiary/aromatic N) is 2. The number of aliphatic hydroxyl groups excluding tert-OH is 3. The molecule has 0 bridgehead atoms. The number of anilines is 2. The van der Waals surface area contributed by atoms with Crippen molar-refractivity contribution >= 4 is 79.0 Å². The molecular weight excluding hydrogens is 1150 g/mol. The summed E-state index contributed by atoms with van der Waals surface area (Å²) in [5, 5.41) is 68.6. The number of hydrogen-bond donors (Lipinski definition) is 6. The molecule has 0 spiro atoms. The molecule has 2 aromatic heterocycles. The van der Waals surface area contributed by atoms with Gasteiger partial charge >= 0.3 is 73.5 Å². The first-order valence-corrected chi connectivity index (χ1v) is 27.9. The Bertz CT molecular complexity index is 3530. The maximum Gasteiger partial charge on any atom is 2.00 e. The number of carboxylic acids is 2. The average Bonchev–Trinajstić information content (AvgIpc) is 2.55. The van der Waals surface area contributed by atoms with E-state index in [-0.39, 0.29) is 131 Å². The van der Waals surface area contributed by atoms with Gasteiger partial charge in [0.1, 0.15) is 17.7 Å². The van der Waals surface area contributed by atoms with Gasteiger partial charge in [0.05, 0.1) is 40.8 Å². The van der Waals surface area contributed by atoms with Crippen molar-refractivity contribution in [2.24, 2.45) is 0 Å². The average molecular weight is 1220 g/mol. The van der Waals surface area contributed by atoms with E-state index in [0.717, 1.165) is 16.8 Å². The van der Waals surface area contributed by atoms with Crippen LogP contribution in [0, 0.1) is 11.6 Å². The fraction of sp³-hybridized carbons (Fsp3) is 0.269. The first kappa shape index (κ1) is 70.8. The molecule has 0 unspecified atom stereocenters. The summed E-state index contributed by atoms with van der Waals surface area (Å²) in [5.41, 5.74) is 9.10. The van der Waals surface area contributed by atoms with Crippen molar-refractivity contribution < 1.29 is 99.1 Å². The third kappa shape index (κ3) is 19.5. The van der Waals surface area contributed by atoms with Crippen LogP contribution in [-0.2, 0) is 27.4 Å². The van der Waals surface area contributed by atoms with Crippen molar-refractivity contribution in [3.63, 3.8) is 0 Å². The number of carboxylic acid groups (broad SMARTS) is 3. The molecule has 6 N–H and O–H groups in total. The van der Waals surface area contributed by atoms with Crippen molar-refractivity contribution in [3.8, 4) is 44.8 Å². The second kappa shape index (κ2) is 34.0. The van der Waals surface area contributed by atoms with E-state index in [9.17, 15) is 58.3 Å². The number of aliphatic hydroxyl groups is 3. The number of para-hydroxylation sites is 2. The van der Waals surface area contributed by atoms with Gasteiger partial charge < -0.3 is 66.2 Å². The van der Waals surface area contributed by atoms with Crippen LogP contribution in [0.25, 0.3) is 44.8 Å². The van der Waals surface area contributed by atoms with Crippen LogP contribution in [0.2, 0.25) is 0 Å². The predicted molar refractivity (Wildman–Crippen MR) is 323 cm³/mol. The predicted octanol–water partition coefficient (Wildman–Crippen LogP) is 7.40. The van der Waals surface area contributed by atoms with Crippen molar-refractivity contribution in [2.45, 2.75) is 116 Å². The monoisotopic (exact) mass is 1220 g/mol. The van der Waals surface area contributed by atoms with E-state index < -0.39 is 67.0 Å². The van der Waals surface area contributed by atoms with Crippen LogP contribution in [0.5, 0.6) is 0 Å². The van der Waals surface area contributed by atoms with Crippen molar-refractivity contribution in [2.75, 3.05) is 10.6 Å². The Morgan fingerprint density at radius 1 is 0.506 bits per heavy atom. The van der Waals surface area contributed by atoms with E-state index in [4.69, 9.17) is 5.11 Å². The number of halogens is 2. The van der Waals surface area contributed by atoms with Crippen LogP contribution in [0.4, 0.5) is 25.0 Å². The second-order valence-corrected chi connectivity index (χ2v) is 21.1. The van der Waals surface area contributed by atoms with E-state index in [1.165, 1.54) is 24.3 Å². The van der Waals surface area contributed by atoms with E-state index in [0.29, 0.717) is 61.8 Å². The Kier molecular flexibility index (Phi) is 27.6. The zero-order valence-electron chi connectivity index (χ0n) is 50.2. The molecule has 4 atom stereocenters. The molecule has 6 aromatic carbocycles. The molecule has 0 fully saturated rings. The summed E-state index contributed by atoms with van der Waals surface area (Å²) < 4.78 is 36.6. The third-order valence-corrected chi connectivity index (χ3v) is 14.1. The van der Waals surface area contributed by atoms with Crippen LogP contribution in [0.15, 0.2) is 170 Å². The molecule has 16 nitrogen and oxygen atoms in total. The maximum absolute atomic E-state index is 14.1. The number of aromatic nitrogens is 2. The first-order chi connectivity index (χ1) is 40.7. The summed E-state index contributed by atoms with van der Waals surface area (Å²) in [6.45, 7) is 8.29. The summed E-state index contributed by atoms with van der Waals surface area (Å²) in [7, 11) is 0. The van der Waals surface area contributed by atoms with Gasteiger partial charge in [0.15, 0.2) is 0 Å². The third-order valence-electron chi connectivity index (χ3n) is 14.1. The van der Waals surface area contributed by atoms with E-state index in [1.54, 1.807) is 48.5 Å². The minimum Gasteiger partial charge on any atom is -1.00 e. The van der Waals surface area contributed by atoms with E-state index in [1.807, 2.05) is 134 Å².